The molecule has 0 amide bonds. The second-order valence-electron chi connectivity index (χ2n) is 6.81. The molecule has 9 nitrogen and oxygen atoms in total. The zero-order valence-corrected chi connectivity index (χ0v) is 16.9. The molecule has 150 valence electrons. The highest BCUT2D eigenvalue weighted by Gasteiger charge is 2.20. The highest BCUT2D eigenvalue weighted by molar-refractivity contribution is 7.92. The van der Waals surface area contributed by atoms with Gasteiger partial charge >= 0.3 is 0 Å². The molecule has 0 aliphatic rings. The van der Waals surface area contributed by atoms with Gasteiger partial charge in [0, 0.05) is 24.2 Å². The van der Waals surface area contributed by atoms with E-state index in [1.54, 1.807) is 49.2 Å². The predicted molar refractivity (Wildman–Crippen MR) is 108 cm³/mol. The van der Waals surface area contributed by atoms with Crippen molar-refractivity contribution in [1.29, 1.82) is 0 Å². The molecule has 1 aromatic carbocycles. The van der Waals surface area contributed by atoms with E-state index in [-0.39, 0.29) is 4.90 Å². The number of aliphatic hydroxyl groups excluding tert-OH is 1. The molecule has 0 spiro atoms. The summed E-state index contributed by atoms with van der Waals surface area (Å²) < 4.78 is 31.4. The van der Waals surface area contributed by atoms with Gasteiger partial charge in [0.15, 0.2) is 5.82 Å². The Bertz CT molecular complexity index is 1310. The molecule has 10 heteroatoms. The molecule has 1 atom stereocenters. The van der Waals surface area contributed by atoms with Crippen molar-refractivity contribution in [3.8, 4) is 5.82 Å². The number of aliphatic hydroxyl groups is 1. The molecule has 0 saturated carbocycles. The molecular weight excluding hydrogens is 392 g/mol. The standard InChI is InChI=1S/C19H20N6O3S/c1-12-7-18(20-10-16(12)13(2)26)25-11-15(9-22-25)29(27,28)23-17-6-4-5-14-8-21-24(3)19(14)17/h4-11,13,23,26H,1-3H3. The van der Waals surface area contributed by atoms with Crippen molar-refractivity contribution in [3.05, 3.63) is 60.2 Å². The van der Waals surface area contributed by atoms with E-state index in [1.807, 2.05) is 13.0 Å². The van der Waals surface area contributed by atoms with Crippen LogP contribution in [-0.2, 0) is 17.1 Å². The van der Waals surface area contributed by atoms with Crippen LogP contribution in [0.3, 0.4) is 0 Å². The predicted octanol–water partition coefficient (Wildman–Crippen LogP) is 2.32. The number of benzene rings is 1. The van der Waals surface area contributed by atoms with E-state index < -0.39 is 16.1 Å². The van der Waals surface area contributed by atoms with E-state index in [9.17, 15) is 13.5 Å². The first-order chi connectivity index (χ1) is 13.8. The maximum absolute atomic E-state index is 12.9. The van der Waals surface area contributed by atoms with Crippen molar-refractivity contribution in [1.82, 2.24) is 24.5 Å². The Morgan fingerprint density at radius 1 is 1.17 bits per heavy atom. The number of pyridine rings is 1. The molecule has 3 aromatic heterocycles. The molecule has 1 unspecified atom stereocenters. The Morgan fingerprint density at radius 2 is 1.97 bits per heavy atom. The lowest BCUT2D eigenvalue weighted by Gasteiger charge is -2.10. The Balaban J connectivity index is 1.66. The third kappa shape index (κ3) is 3.47. The highest BCUT2D eigenvalue weighted by Crippen LogP contribution is 2.25. The number of para-hydroxylation sites is 1. The molecule has 0 fully saturated rings. The van der Waals surface area contributed by atoms with E-state index in [1.165, 1.54) is 17.1 Å². The van der Waals surface area contributed by atoms with E-state index in [2.05, 4.69) is 19.9 Å². The minimum Gasteiger partial charge on any atom is -0.389 e. The van der Waals surface area contributed by atoms with Crippen LogP contribution in [0.2, 0.25) is 0 Å². The van der Waals surface area contributed by atoms with Gasteiger partial charge in [-0.05, 0) is 31.5 Å². The van der Waals surface area contributed by atoms with Crippen LogP contribution in [0.25, 0.3) is 16.7 Å². The number of nitrogens with zero attached hydrogens (tertiary/aromatic N) is 5. The first kappa shape index (κ1) is 19.1. The van der Waals surface area contributed by atoms with Gasteiger partial charge in [0.1, 0.15) is 4.90 Å². The second kappa shape index (κ2) is 6.98. The zero-order chi connectivity index (χ0) is 20.8. The van der Waals surface area contributed by atoms with Crippen LogP contribution in [0.15, 0.2) is 53.9 Å². The maximum Gasteiger partial charge on any atom is 0.265 e. The average Bonchev–Trinajstić information content (AvgIpc) is 3.30. The summed E-state index contributed by atoms with van der Waals surface area (Å²) in [7, 11) is -2.11. The van der Waals surface area contributed by atoms with Crippen molar-refractivity contribution in [2.75, 3.05) is 4.72 Å². The van der Waals surface area contributed by atoms with Gasteiger partial charge in [-0.2, -0.15) is 10.2 Å². The summed E-state index contributed by atoms with van der Waals surface area (Å²) in [6.45, 7) is 3.52. The van der Waals surface area contributed by atoms with E-state index >= 15 is 0 Å². The van der Waals surface area contributed by atoms with Crippen LogP contribution in [0, 0.1) is 6.92 Å². The van der Waals surface area contributed by atoms with E-state index in [0.29, 0.717) is 22.6 Å². The Morgan fingerprint density at radius 3 is 2.69 bits per heavy atom. The normalized spacial score (nSPS) is 13.0. The van der Waals surface area contributed by atoms with Crippen LogP contribution in [0.4, 0.5) is 5.69 Å². The molecular formula is C19H20N6O3S. The van der Waals surface area contributed by atoms with Crippen LogP contribution >= 0.6 is 0 Å². The van der Waals surface area contributed by atoms with Gasteiger partial charge in [0.05, 0.1) is 35.9 Å². The number of fused-ring (bicyclic) bond motifs is 1. The van der Waals surface area contributed by atoms with Crippen molar-refractivity contribution >= 4 is 26.6 Å². The highest BCUT2D eigenvalue weighted by atomic mass is 32.2. The summed E-state index contributed by atoms with van der Waals surface area (Å²) in [6, 6.07) is 7.06. The monoisotopic (exact) mass is 412 g/mol. The second-order valence-corrected chi connectivity index (χ2v) is 8.50. The van der Waals surface area contributed by atoms with Gasteiger partial charge in [-0.3, -0.25) is 9.40 Å². The van der Waals surface area contributed by atoms with Crippen molar-refractivity contribution < 1.29 is 13.5 Å². The average molecular weight is 412 g/mol. The smallest absolute Gasteiger partial charge is 0.265 e. The molecule has 2 N–H and O–H groups in total. The van der Waals surface area contributed by atoms with Gasteiger partial charge in [0.25, 0.3) is 10.0 Å². The number of aromatic nitrogens is 5. The summed E-state index contributed by atoms with van der Waals surface area (Å²) in [5.74, 6) is 0.460. The van der Waals surface area contributed by atoms with Crippen molar-refractivity contribution in [2.24, 2.45) is 7.05 Å². The van der Waals surface area contributed by atoms with Gasteiger partial charge in [0.2, 0.25) is 0 Å². The minimum absolute atomic E-state index is 0.00993. The number of hydrogen-bond donors (Lipinski definition) is 2. The molecule has 0 radical (unpaired) electrons. The fourth-order valence-electron chi connectivity index (χ4n) is 3.20. The summed E-state index contributed by atoms with van der Waals surface area (Å²) >= 11 is 0. The van der Waals surface area contributed by atoms with E-state index in [4.69, 9.17) is 0 Å². The Kier molecular flexibility index (Phi) is 4.59. The minimum atomic E-state index is -3.86. The number of hydrogen-bond acceptors (Lipinski definition) is 6. The fraction of sp³-hybridized carbons (Fsp3) is 0.211. The Labute approximate surface area is 167 Å². The summed E-state index contributed by atoms with van der Waals surface area (Å²) in [6.07, 6.45) is 5.27. The molecule has 0 aliphatic carbocycles. The number of nitrogens with one attached hydrogen (secondary N) is 1. The molecule has 0 saturated heterocycles. The summed E-state index contributed by atoms with van der Waals surface area (Å²) in [5.41, 5.74) is 2.67. The SMILES string of the molecule is Cc1cc(-n2cc(S(=O)(=O)Nc3cccc4cnn(C)c34)cn2)ncc1C(C)O. The summed E-state index contributed by atoms with van der Waals surface area (Å²) in [5, 5.41) is 18.9. The number of sulfonamides is 1. The van der Waals surface area contributed by atoms with Crippen molar-refractivity contribution in [3.63, 3.8) is 0 Å². The third-order valence-electron chi connectivity index (χ3n) is 4.70. The zero-order valence-electron chi connectivity index (χ0n) is 16.1. The summed E-state index contributed by atoms with van der Waals surface area (Å²) in [4.78, 5) is 4.28. The van der Waals surface area contributed by atoms with E-state index in [0.717, 1.165) is 10.9 Å². The van der Waals surface area contributed by atoms with Crippen LogP contribution in [0.1, 0.15) is 24.2 Å². The lowest BCUT2D eigenvalue weighted by atomic mass is 10.1. The molecule has 3 heterocycles. The molecule has 29 heavy (non-hydrogen) atoms. The van der Waals surface area contributed by atoms with Crippen LogP contribution in [-0.4, -0.2) is 38.1 Å². The number of rotatable bonds is 5. The fourth-order valence-corrected chi connectivity index (χ4v) is 4.20. The van der Waals surface area contributed by atoms with Crippen LogP contribution < -0.4 is 4.72 Å². The number of anilines is 1. The molecule has 4 aromatic rings. The molecule has 0 bridgehead atoms. The lowest BCUT2D eigenvalue weighted by molar-refractivity contribution is 0.198. The van der Waals surface area contributed by atoms with Crippen molar-refractivity contribution in [2.45, 2.75) is 24.8 Å². The van der Waals surface area contributed by atoms with Gasteiger partial charge in [-0.1, -0.05) is 12.1 Å². The quantitative estimate of drug-likeness (QED) is 0.520. The third-order valence-corrected chi connectivity index (χ3v) is 6.02. The largest absolute Gasteiger partial charge is 0.389 e. The van der Waals surface area contributed by atoms with Crippen LogP contribution in [0.5, 0.6) is 0 Å². The lowest BCUT2D eigenvalue weighted by Crippen LogP contribution is -2.13. The van der Waals surface area contributed by atoms with Gasteiger partial charge < -0.3 is 5.11 Å². The first-order valence-electron chi connectivity index (χ1n) is 8.89. The molecule has 4 rings (SSSR count). The number of aryl methyl sites for hydroxylation is 2. The maximum atomic E-state index is 12.9. The van der Waals surface area contributed by atoms with Gasteiger partial charge in [-0.15, -0.1) is 0 Å². The Hall–Kier alpha value is -3.24. The topological polar surface area (TPSA) is 115 Å². The first-order valence-corrected chi connectivity index (χ1v) is 10.4. The van der Waals surface area contributed by atoms with Gasteiger partial charge in [-0.25, -0.2) is 18.1 Å². The molecule has 0 aliphatic heterocycles.